The summed E-state index contributed by atoms with van der Waals surface area (Å²) in [5.74, 6) is 3.27. The first-order valence-corrected chi connectivity index (χ1v) is 14.5. The molecule has 0 unspecified atom stereocenters. The normalized spacial score (nSPS) is 16.4. The van der Waals surface area contributed by atoms with Crippen molar-refractivity contribution < 1.29 is 14.0 Å². The largest absolute Gasteiger partial charge is 0.475 e. The smallest absolute Gasteiger partial charge is 0.248 e. The lowest BCUT2D eigenvalue weighted by atomic mass is 10.0. The number of hydrazone groups is 1. The second kappa shape index (κ2) is 14.9. The monoisotopic (exact) mass is 565 g/mol. The topological polar surface area (TPSA) is 73.5 Å². The van der Waals surface area contributed by atoms with Crippen molar-refractivity contribution in [3.8, 4) is 24.3 Å². The predicted octanol–water partition coefficient (Wildman–Crippen LogP) is 5.90. The molecule has 0 fully saturated rings. The highest BCUT2D eigenvalue weighted by molar-refractivity contribution is 6.12. The Morgan fingerprint density at radius 3 is 2.76 bits per heavy atom. The van der Waals surface area contributed by atoms with E-state index in [9.17, 15) is 0 Å². The molecule has 0 saturated carbocycles. The minimum atomic E-state index is 0.576. The second-order valence-corrected chi connectivity index (χ2v) is 10.0. The minimum absolute atomic E-state index is 0.576. The van der Waals surface area contributed by atoms with Crippen LogP contribution in [0.25, 0.3) is 0 Å². The fourth-order valence-electron chi connectivity index (χ4n) is 4.89. The van der Waals surface area contributed by atoms with E-state index in [1.165, 1.54) is 5.71 Å². The maximum Gasteiger partial charge on any atom is 0.248 e. The van der Waals surface area contributed by atoms with Crippen LogP contribution in [0.3, 0.4) is 0 Å². The molecule has 3 aliphatic rings. The Labute approximate surface area is 249 Å². The molecule has 0 bridgehead atoms. The number of aliphatic imine (C=N–C) groups is 1. The van der Waals surface area contributed by atoms with E-state index in [0.29, 0.717) is 13.2 Å². The molecule has 0 aliphatic carbocycles. The van der Waals surface area contributed by atoms with Gasteiger partial charge in [0.15, 0.2) is 13.2 Å². The quantitative estimate of drug-likeness (QED) is 0.180. The van der Waals surface area contributed by atoms with E-state index in [4.69, 9.17) is 14.5 Å². The third-order valence-corrected chi connectivity index (χ3v) is 6.99. The van der Waals surface area contributed by atoms with Gasteiger partial charge in [0.25, 0.3) is 0 Å². The predicted molar refractivity (Wildman–Crippen MR) is 173 cm³/mol. The maximum absolute atomic E-state index is 6.38. The van der Waals surface area contributed by atoms with Crippen molar-refractivity contribution in [2.75, 3.05) is 38.1 Å². The summed E-state index contributed by atoms with van der Waals surface area (Å²) in [5.41, 5.74) is 6.42. The summed E-state index contributed by atoms with van der Waals surface area (Å²) >= 11 is 0. The zero-order chi connectivity index (χ0) is 29.9. The van der Waals surface area contributed by atoms with Gasteiger partial charge in [-0.05, 0) is 68.2 Å². The molecular formula is C34H41N6O2+. The van der Waals surface area contributed by atoms with Crippen molar-refractivity contribution in [1.82, 2.24) is 10.3 Å². The Balaban J connectivity index is 0.00000198. The number of ether oxygens (including phenoxy) is 2. The molecule has 0 amide bonds. The van der Waals surface area contributed by atoms with Crippen molar-refractivity contribution in [3.63, 3.8) is 0 Å². The summed E-state index contributed by atoms with van der Waals surface area (Å²) in [6, 6.07) is 10.4. The van der Waals surface area contributed by atoms with Crippen LogP contribution in [-0.4, -0.2) is 60.1 Å². The lowest BCUT2D eigenvalue weighted by molar-refractivity contribution is -0.449. The summed E-state index contributed by atoms with van der Waals surface area (Å²) in [5, 5.41) is 13.3. The van der Waals surface area contributed by atoms with Crippen molar-refractivity contribution >= 4 is 29.1 Å². The number of anilines is 1. The van der Waals surface area contributed by atoms with Gasteiger partial charge < -0.3 is 20.1 Å². The summed E-state index contributed by atoms with van der Waals surface area (Å²) < 4.78 is 15.0. The SMILES string of the molecule is C#C.CC/C=N\N1C=CC(Oc2ccc(NC(=N/C=C/CC)c3c(C)ccc4c3OCC3=[N+]4CCNC3)cc2C)=CC1. The van der Waals surface area contributed by atoms with Crippen molar-refractivity contribution in [2.45, 2.75) is 40.5 Å². The highest BCUT2D eigenvalue weighted by Gasteiger charge is 2.33. The van der Waals surface area contributed by atoms with Gasteiger partial charge in [-0.3, -0.25) is 5.01 Å². The van der Waals surface area contributed by atoms with E-state index in [1.807, 2.05) is 47.9 Å². The lowest BCUT2D eigenvalue weighted by Crippen LogP contribution is -2.44. The van der Waals surface area contributed by atoms with Gasteiger partial charge >= 0.3 is 0 Å². The summed E-state index contributed by atoms with van der Waals surface area (Å²) in [6.45, 7) is 12.3. The Morgan fingerprint density at radius 1 is 1.17 bits per heavy atom. The molecule has 8 heteroatoms. The number of fused-ring (bicyclic) bond motifs is 2. The fourth-order valence-corrected chi connectivity index (χ4v) is 4.89. The zero-order valence-electron chi connectivity index (χ0n) is 25.1. The van der Waals surface area contributed by atoms with Crippen LogP contribution in [0, 0.1) is 26.7 Å². The van der Waals surface area contributed by atoms with E-state index in [0.717, 1.165) is 83.6 Å². The standard InChI is InChI=1S/C32H39N6O2.C2H2/c1-5-7-15-34-32(30-23(3)8-10-28-31(30)39-22-26-21-33-16-19-38(26)28)36-25-9-11-29(24(4)20-25)40-27-12-17-37(18-13-27)35-14-6-2;1-2/h7-15,17,20,33H,5-6,16,18-19,21-22H2,1-4H3,(H,34,36);1-2H/q+1;/b15-7+,35-14-;. The number of hydrogen-bond donors (Lipinski definition) is 2. The van der Waals surface area contributed by atoms with Gasteiger partial charge in [0, 0.05) is 30.4 Å². The van der Waals surface area contributed by atoms with Crippen LogP contribution in [0.1, 0.15) is 43.4 Å². The van der Waals surface area contributed by atoms with Gasteiger partial charge in [-0.25, -0.2) is 4.99 Å². The number of terminal acetylenes is 1. The number of nitrogens with one attached hydrogen (secondary N) is 2. The van der Waals surface area contributed by atoms with Gasteiger partial charge in [-0.1, -0.05) is 26.0 Å². The van der Waals surface area contributed by atoms with Crippen LogP contribution in [0.2, 0.25) is 0 Å². The van der Waals surface area contributed by atoms with Gasteiger partial charge in [0.05, 0.1) is 25.2 Å². The number of benzene rings is 2. The molecule has 8 nitrogen and oxygen atoms in total. The Bertz CT molecular complexity index is 1480. The number of aryl methyl sites for hydroxylation is 2. The number of nitrogens with zero attached hydrogens (tertiary/aromatic N) is 4. The number of amidine groups is 1. The first-order chi connectivity index (χ1) is 20.6. The van der Waals surface area contributed by atoms with Crippen LogP contribution < -0.4 is 20.1 Å². The molecule has 218 valence electrons. The molecule has 2 aromatic carbocycles. The first-order valence-electron chi connectivity index (χ1n) is 14.5. The molecule has 2 aromatic rings. The molecular weight excluding hydrogens is 524 g/mol. The molecule has 0 atom stereocenters. The molecule has 0 aromatic heterocycles. The summed E-state index contributed by atoms with van der Waals surface area (Å²) in [4.78, 5) is 4.87. The van der Waals surface area contributed by atoms with Crippen LogP contribution in [0.4, 0.5) is 11.4 Å². The minimum Gasteiger partial charge on any atom is -0.475 e. The first kappa shape index (κ1) is 30.4. The van der Waals surface area contributed by atoms with E-state index >= 15 is 0 Å². The van der Waals surface area contributed by atoms with Gasteiger partial charge in [-0.2, -0.15) is 9.68 Å². The third kappa shape index (κ3) is 7.17. The van der Waals surface area contributed by atoms with E-state index in [-0.39, 0.29) is 0 Å². The molecule has 0 spiro atoms. The zero-order valence-corrected chi connectivity index (χ0v) is 25.1. The molecule has 0 saturated heterocycles. The van der Waals surface area contributed by atoms with Crippen molar-refractivity contribution in [3.05, 3.63) is 83.4 Å². The van der Waals surface area contributed by atoms with Crippen LogP contribution >= 0.6 is 0 Å². The third-order valence-electron chi connectivity index (χ3n) is 6.99. The van der Waals surface area contributed by atoms with Crippen molar-refractivity contribution in [1.29, 1.82) is 0 Å². The molecule has 2 N–H and O–H groups in total. The van der Waals surface area contributed by atoms with Gasteiger partial charge in [-0.15, -0.1) is 12.8 Å². The van der Waals surface area contributed by atoms with Crippen LogP contribution in [-0.2, 0) is 0 Å². The highest BCUT2D eigenvalue weighted by Crippen LogP contribution is 2.37. The fraction of sp³-hybridized carbons (Fsp3) is 0.324. The average Bonchev–Trinajstić information content (AvgIpc) is 3.02. The van der Waals surface area contributed by atoms with E-state index in [2.05, 4.69) is 85.1 Å². The molecule has 3 aliphatic heterocycles. The molecule has 42 heavy (non-hydrogen) atoms. The highest BCUT2D eigenvalue weighted by atomic mass is 16.5. The summed E-state index contributed by atoms with van der Waals surface area (Å²) in [7, 11) is 0. The Kier molecular flexibility index (Phi) is 10.7. The summed E-state index contributed by atoms with van der Waals surface area (Å²) in [6.07, 6.45) is 21.6. The number of allylic oxidation sites excluding steroid dienone is 2. The number of rotatable bonds is 8. The van der Waals surface area contributed by atoms with E-state index in [1.54, 1.807) is 0 Å². The van der Waals surface area contributed by atoms with Crippen LogP contribution in [0.5, 0.6) is 11.5 Å². The molecule has 5 rings (SSSR count). The van der Waals surface area contributed by atoms with Gasteiger partial charge in [0.2, 0.25) is 17.1 Å². The van der Waals surface area contributed by atoms with E-state index < -0.39 is 0 Å². The van der Waals surface area contributed by atoms with Gasteiger partial charge in [0.1, 0.15) is 17.3 Å². The average molecular weight is 566 g/mol. The van der Waals surface area contributed by atoms with Crippen molar-refractivity contribution in [2.24, 2.45) is 10.1 Å². The second-order valence-electron chi connectivity index (χ2n) is 10.0. The molecule has 3 heterocycles. The Morgan fingerprint density at radius 2 is 2.02 bits per heavy atom. The Hall–Kier alpha value is -4.61. The van der Waals surface area contributed by atoms with Crippen LogP contribution in [0.15, 0.2) is 76.8 Å². The number of hydrogen-bond acceptors (Lipinski definition) is 6. The maximum atomic E-state index is 6.38. The lowest BCUT2D eigenvalue weighted by Gasteiger charge is -2.25. The molecule has 0 radical (unpaired) electrons.